The number of aryl methyl sites for hydroxylation is 1. The Bertz CT molecular complexity index is 803. The first-order valence-corrected chi connectivity index (χ1v) is 10.2. The van der Waals surface area contributed by atoms with Crippen LogP contribution < -0.4 is 10.1 Å². The smallest absolute Gasteiger partial charge is 0.287 e. The van der Waals surface area contributed by atoms with Crippen molar-refractivity contribution >= 4 is 17.5 Å². The monoisotopic (exact) mass is 404 g/mol. The lowest BCUT2D eigenvalue weighted by atomic mass is 9.84. The summed E-state index contributed by atoms with van der Waals surface area (Å²) in [5.74, 6) is 2.01. The van der Waals surface area contributed by atoms with E-state index in [9.17, 15) is 4.79 Å². The van der Waals surface area contributed by atoms with Crippen molar-refractivity contribution in [2.75, 3.05) is 20.6 Å². The van der Waals surface area contributed by atoms with Gasteiger partial charge in [-0.25, -0.2) is 0 Å². The van der Waals surface area contributed by atoms with Crippen LogP contribution in [0.4, 0.5) is 0 Å². The number of hydrogen-bond donors (Lipinski definition) is 1. The predicted molar refractivity (Wildman–Crippen MR) is 111 cm³/mol. The van der Waals surface area contributed by atoms with Crippen LogP contribution in [0.15, 0.2) is 34.7 Å². The molecule has 1 aliphatic carbocycles. The highest BCUT2D eigenvalue weighted by Crippen LogP contribution is 2.26. The van der Waals surface area contributed by atoms with Crippen LogP contribution in [0.1, 0.15) is 47.6 Å². The van der Waals surface area contributed by atoms with E-state index in [1.165, 1.54) is 6.42 Å². The van der Waals surface area contributed by atoms with Crippen molar-refractivity contribution in [3.63, 3.8) is 0 Å². The standard InChI is InChI=1S/C22H29ClN2O3/c1-15-12-17(8-10-19(15)23)27-14-18-9-11-21(28-18)22(26)24-20-7-5-4-6-16(20)13-25(2)3/h8-12,16,20H,4-7,13-14H2,1-3H3,(H,24,26). The molecule has 5 nitrogen and oxygen atoms in total. The third-order valence-corrected chi connectivity index (χ3v) is 5.65. The van der Waals surface area contributed by atoms with Gasteiger partial charge in [-0.15, -0.1) is 0 Å². The van der Waals surface area contributed by atoms with Crippen LogP contribution in [0.5, 0.6) is 5.75 Å². The van der Waals surface area contributed by atoms with Gasteiger partial charge in [0.25, 0.3) is 5.91 Å². The van der Waals surface area contributed by atoms with Crippen molar-refractivity contribution < 1.29 is 13.9 Å². The molecule has 0 radical (unpaired) electrons. The molecule has 0 bridgehead atoms. The van der Waals surface area contributed by atoms with Gasteiger partial charge in [0, 0.05) is 17.6 Å². The number of ether oxygens (including phenoxy) is 1. The Hall–Kier alpha value is -1.98. The minimum absolute atomic E-state index is 0.149. The molecule has 1 aromatic heterocycles. The normalized spacial score (nSPS) is 19.6. The van der Waals surface area contributed by atoms with Gasteiger partial charge in [0.05, 0.1) is 0 Å². The number of amides is 1. The SMILES string of the molecule is Cc1cc(OCc2ccc(C(=O)NC3CCCCC3CN(C)C)o2)ccc1Cl. The number of nitrogens with one attached hydrogen (secondary N) is 1. The number of carbonyl (C=O) groups excluding carboxylic acids is 1. The van der Waals surface area contributed by atoms with E-state index in [0.29, 0.717) is 22.5 Å². The molecule has 1 aliphatic rings. The van der Waals surface area contributed by atoms with E-state index in [1.807, 2.05) is 25.1 Å². The second-order valence-electron chi connectivity index (χ2n) is 7.85. The van der Waals surface area contributed by atoms with E-state index in [4.69, 9.17) is 20.8 Å². The van der Waals surface area contributed by atoms with E-state index in [2.05, 4.69) is 24.3 Å². The molecule has 6 heteroatoms. The van der Waals surface area contributed by atoms with Gasteiger partial charge < -0.3 is 19.4 Å². The maximum atomic E-state index is 12.6. The fourth-order valence-corrected chi connectivity index (χ4v) is 3.88. The zero-order chi connectivity index (χ0) is 20.1. The largest absolute Gasteiger partial charge is 0.486 e. The zero-order valence-electron chi connectivity index (χ0n) is 16.8. The number of nitrogens with zero attached hydrogens (tertiary/aromatic N) is 1. The van der Waals surface area contributed by atoms with Crippen molar-refractivity contribution in [2.24, 2.45) is 5.92 Å². The Morgan fingerprint density at radius 2 is 2.04 bits per heavy atom. The minimum Gasteiger partial charge on any atom is -0.486 e. The average Bonchev–Trinajstić information content (AvgIpc) is 3.13. The molecule has 2 unspecified atom stereocenters. The van der Waals surface area contributed by atoms with Gasteiger partial charge in [-0.05, 0) is 75.7 Å². The van der Waals surface area contributed by atoms with E-state index in [-0.39, 0.29) is 18.6 Å². The van der Waals surface area contributed by atoms with Crippen LogP contribution in [0, 0.1) is 12.8 Å². The average molecular weight is 405 g/mol. The second-order valence-corrected chi connectivity index (χ2v) is 8.26. The number of carbonyl (C=O) groups is 1. The Labute approximate surface area is 172 Å². The molecule has 0 aliphatic heterocycles. The van der Waals surface area contributed by atoms with Crippen molar-refractivity contribution in [3.8, 4) is 5.75 Å². The molecule has 152 valence electrons. The quantitative estimate of drug-likeness (QED) is 0.728. The molecule has 1 aromatic carbocycles. The molecule has 1 N–H and O–H groups in total. The van der Waals surface area contributed by atoms with Gasteiger partial charge in [0.1, 0.15) is 18.1 Å². The topological polar surface area (TPSA) is 54.7 Å². The number of benzene rings is 1. The van der Waals surface area contributed by atoms with E-state index < -0.39 is 0 Å². The molecular formula is C22H29ClN2O3. The van der Waals surface area contributed by atoms with E-state index in [0.717, 1.165) is 37.1 Å². The fourth-order valence-electron chi connectivity index (χ4n) is 3.76. The van der Waals surface area contributed by atoms with Crippen LogP contribution >= 0.6 is 11.6 Å². The number of hydrogen-bond acceptors (Lipinski definition) is 4. The summed E-state index contributed by atoms with van der Waals surface area (Å²) in [6.45, 7) is 3.18. The number of furan rings is 1. The summed E-state index contributed by atoms with van der Waals surface area (Å²) in [6, 6.07) is 9.21. The lowest BCUT2D eigenvalue weighted by Gasteiger charge is -2.33. The number of halogens is 1. The molecule has 0 saturated heterocycles. The third kappa shape index (κ3) is 5.52. The fraction of sp³-hybridized carbons (Fsp3) is 0.500. The summed E-state index contributed by atoms with van der Waals surface area (Å²) in [7, 11) is 4.16. The van der Waals surface area contributed by atoms with Gasteiger partial charge >= 0.3 is 0 Å². The summed E-state index contributed by atoms with van der Waals surface area (Å²) >= 11 is 6.03. The van der Waals surface area contributed by atoms with Crippen molar-refractivity contribution in [1.29, 1.82) is 0 Å². The molecule has 1 heterocycles. The highest BCUT2D eigenvalue weighted by Gasteiger charge is 2.28. The van der Waals surface area contributed by atoms with Crippen LogP contribution in [-0.4, -0.2) is 37.5 Å². The summed E-state index contributed by atoms with van der Waals surface area (Å²) in [5, 5.41) is 3.88. The minimum atomic E-state index is -0.149. The lowest BCUT2D eigenvalue weighted by molar-refractivity contribution is 0.0863. The summed E-state index contributed by atoms with van der Waals surface area (Å²) < 4.78 is 11.4. The molecule has 2 aromatic rings. The zero-order valence-corrected chi connectivity index (χ0v) is 17.6. The van der Waals surface area contributed by atoms with Crippen LogP contribution in [0.2, 0.25) is 5.02 Å². The van der Waals surface area contributed by atoms with E-state index >= 15 is 0 Å². The van der Waals surface area contributed by atoms with Crippen LogP contribution in [0.25, 0.3) is 0 Å². The Balaban J connectivity index is 1.56. The maximum Gasteiger partial charge on any atom is 0.287 e. The van der Waals surface area contributed by atoms with Gasteiger partial charge in [0.15, 0.2) is 5.76 Å². The van der Waals surface area contributed by atoms with Gasteiger partial charge in [0.2, 0.25) is 0 Å². The van der Waals surface area contributed by atoms with Crippen LogP contribution in [0.3, 0.4) is 0 Å². The van der Waals surface area contributed by atoms with Gasteiger partial charge in [-0.1, -0.05) is 24.4 Å². The Kier molecular flexibility index (Phi) is 7.03. The summed E-state index contributed by atoms with van der Waals surface area (Å²) in [5.41, 5.74) is 0.957. The molecule has 28 heavy (non-hydrogen) atoms. The Morgan fingerprint density at radius 3 is 2.79 bits per heavy atom. The molecule has 1 saturated carbocycles. The van der Waals surface area contributed by atoms with Gasteiger partial charge in [-0.3, -0.25) is 4.79 Å². The summed E-state index contributed by atoms with van der Waals surface area (Å²) in [4.78, 5) is 14.8. The first-order chi connectivity index (χ1) is 13.4. The van der Waals surface area contributed by atoms with Crippen molar-refractivity contribution in [2.45, 2.75) is 45.3 Å². The predicted octanol–water partition coefficient (Wildman–Crippen LogP) is 4.67. The number of rotatable bonds is 7. The van der Waals surface area contributed by atoms with Crippen molar-refractivity contribution in [1.82, 2.24) is 10.2 Å². The highest BCUT2D eigenvalue weighted by molar-refractivity contribution is 6.31. The first kappa shape index (κ1) is 20.7. The Morgan fingerprint density at radius 1 is 1.25 bits per heavy atom. The highest BCUT2D eigenvalue weighted by atomic mass is 35.5. The second kappa shape index (κ2) is 9.48. The van der Waals surface area contributed by atoms with Crippen LogP contribution in [-0.2, 0) is 6.61 Å². The molecule has 3 rings (SSSR count). The molecular weight excluding hydrogens is 376 g/mol. The molecule has 1 amide bonds. The first-order valence-electron chi connectivity index (χ1n) is 9.85. The molecule has 2 atom stereocenters. The van der Waals surface area contributed by atoms with E-state index in [1.54, 1.807) is 12.1 Å². The summed E-state index contributed by atoms with van der Waals surface area (Å²) in [6.07, 6.45) is 4.57. The molecule has 0 spiro atoms. The third-order valence-electron chi connectivity index (χ3n) is 5.22. The van der Waals surface area contributed by atoms with Crippen molar-refractivity contribution in [3.05, 3.63) is 52.4 Å². The van der Waals surface area contributed by atoms with Gasteiger partial charge in [-0.2, -0.15) is 0 Å². The maximum absolute atomic E-state index is 12.6. The molecule has 1 fully saturated rings. The lowest BCUT2D eigenvalue weighted by Crippen LogP contribution is -2.45.